The van der Waals surface area contributed by atoms with Crippen molar-refractivity contribution in [2.24, 2.45) is 5.41 Å². The Bertz CT molecular complexity index is 181. The third kappa shape index (κ3) is 6.47. The quantitative estimate of drug-likeness (QED) is 0.523. The summed E-state index contributed by atoms with van der Waals surface area (Å²) >= 11 is 0. The zero-order chi connectivity index (χ0) is 11.7. The Morgan fingerprint density at radius 1 is 1.13 bits per heavy atom. The van der Waals surface area contributed by atoms with Gasteiger partial charge in [0, 0.05) is 13.2 Å². The monoisotopic (exact) mass is 217 g/mol. The second-order valence-corrected chi connectivity index (χ2v) is 4.44. The van der Waals surface area contributed by atoms with Crippen LogP contribution in [0.5, 0.6) is 0 Å². The topological polar surface area (TPSA) is 69.6 Å². The number of hydrogen-bond acceptors (Lipinski definition) is 3. The minimum Gasteiger partial charge on any atom is -0.396 e. The number of aliphatic hydroxyl groups is 2. The van der Waals surface area contributed by atoms with Crippen LogP contribution in [0.25, 0.3) is 0 Å². The molecule has 0 bridgehead atoms. The summed E-state index contributed by atoms with van der Waals surface area (Å²) in [5.74, 6) is -0.104. The first kappa shape index (κ1) is 14.4. The normalized spacial score (nSPS) is 11.5. The van der Waals surface area contributed by atoms with Gasteiger partial charge >= 0.3 is 0 Å². The number of carbonyl (C=O) groups excluding carboxylic acids is 1. The zero-order valence-electron chi connectivity index (χ0n) is 9.75. The van der Waals surface area contributed by atoms with Gasteiger partial charge < -0.3 is 15.5 Å². The van der Waals surface area contributed by atoms with Gasteiger partial charge in [-0.1, -0.05) is 12.8 Å². The van der Waals surface area contributed by atoms with Gasteiger partial charge in [0.2, 0.25) is 5.91 Å². The van der Waals surface area contributed by atoms with Gasteiger partial charge in [0.25, 0.3) is 0 Å². The Hall–Kier alpha value is -0.610. The molecule has 4 nitrogen and oxygen atoms in total. The van der Waals surface area contributed by atoms with Gasteiger partial charge in [-0.25, -0.2) is 0 Å². The lowest BCUT2D eigenvalue weighted by atomic mass is 9.94. The van der Waals surface area contributed by atoms with E-state index in [4.69, 9.17) is 10.2 Å². The molecule has 0 rings (SSSR count). The number of rotatable bonds is 8. The van der Waals surface area contributed by atoms with Gasteiger partial charge in [0.05, 0.1) is 12.0 Å². The first-order valence-corrected chi connectivity index (χ1v) is 5.54. The minimum atomic E-state index is -0.689. The summed E-state index contributed by atoms with van der Waals surface area (Å²) in [6.45, 7) is 4.18. The molecule has 3 N–H and O–H groups in total. The molecule has 0 unspecified atom stereocenters. The molecule has 0 aliphatic carbocycles. The fourth-order valence-corrected chi connectivity index (χ4v) is 1.10. The molecule has 0 aromatic carbocycles. The van der Waals surface area contributed by atoms with Gasteiger partial charge in [-0.15, -0.1) is 0 Å². The molecule has 90 valence electrons. The highest BCUT2D eigenvalue weighted by Crippen LogP contribution is 2.13. The number of carbonyl (C=O) groups is 1. The Morgan fingerprint density at radius 3 is 2.27 bits per heavy atom. The number of aliphatic hydroxyl groups excluding tert-OH is 2. The third-order valence-electron chi connectivity index (χ3n) is 2.38. The summed E-state index contributed by atoms with van der Waals surface area (Å²) in [7, 11) is 0. The highest BCUT2D eigenvalue weighted by molar-refractivity contribution is 5.81. The molecule has 0 aromatic rings. The summed E-state index contributed by atoms with van der Waals surface area (Å²) in [6.07, 6.45) is 3.76. The maximum absolute atomic E-state index is 11.5. The molecule has 15 heavy (non-hydrogen) atoms. The highest BCUT2D eigenvalue weighted by Gasteiger charge is 2.25. The van der Waals surface area contributed by atoms with Crippen molar-refractivity contribution >= 4 is 5.91 Å². The van der Waals surface area contributed by atoms with Crippen molar-refractivity contribution in [2.45, 2.75) is 39.5 Å². The Morgan fingerprint density at radius 2 is 1.73 bits per heavy atom. The first-order chi connectivity index (χ1) is 7.04. The highest BCUT2D eigenvalue weighted by atomic mass is 16.3. The predicted molar refractivity (Wildman–Crippen MR) is 59.4 cm³/mol. The van der Waals surface area contributed by atoms with Crippen molar-refractivity contribution in [1.29, 1.82) is 0 Å². The molecule has 0 saturated carbocycles. The summed E-state index contributed by atoms with van der Waals surface area (Å²) in [5, 5.41) is 20.3. The van der Waals surface area contributed by atoms with Crippen molar-refractivity contribution < 1.29 is 15.0 Å². The van der Waals surface area contributed by atoms with Crippen molar-refractivity contribution in [1.82, 2.24) is 5.32 Å². The Kier molecular flexibility index (Phi) is 7.34. The molecule has 0 saturated heterocycles. The van der Waals surface area contributed by atoms with E-state index in [0.29, 0.717) is 6.54 Å². The van der Waals surface area contributed by atoms with E-state index in [9.17, 15) is 4.79 Å². The van der Waals surface area contributed by atoms with Crippen LogP contribution in [0.2, 0.25) is 0 Å². The van der Waals surface area contributed by atoms with Crippen LogP contribution in [-0.4, -0.2) is 35.9 Å². The number of amides is 1. The fourth-order valence-electron chi connectivity index (χ4n) is 1.10. The van der Waals surface area contributed by atoms with Crippen molar-refractivity contribution in [2.75, 3.05) is 19.8 Å². The van der Waals surface area contributed by atoms with Crippen LogP contribution in [0.15, 0.2) is 0 Å². The third-order valence-corrected chi connectivity index (χ3v) is 2.38. The summed E-state index contributed by atoms with van der Waals surface area (Å²) in [5.41, 5.74) is -0.689. The van der Waals surface area contributed by atoms with E-state index in [2.05, 4.69) is 5.32 Å². The largest absolute Gasteiger partial charge is 0.396 e. The molecule has 0 aliphatic rings. The SMILES string of the molecule is CC(C)(CO)C(=O)NCCCCCCO. The van der Waals surface area contributed by atoms with E-state index in [-0.39, 0.29) is 19.1 Å². The lowest BCUT2D eigenvalue weighted by Gasteiger charge is -2.20. The van der Waals surface area contributed by atoms with Crippen LogP contribution in [0.3, 0.4) is 0 Å². The zero-order valence-corrected chi connectivity index (χ0v) is 9.75. The predicted octanol–water partition coefficient (Wildman–Crippen LogP) is 0.674. The average Bonchev–Trinajstić information content (AvgIpc) is 2.22. The van der Waals surface area contributed by atoms with Crippen molar-refractivity contribution in [3.63, 3.8) is 0 Å². The van der Waals surface area contributed by atoms with E-state index >= 15 is 0 Å². The molecule has 0 fully saturated rings. The van der Waals surface area contributed by atoms with E-state index in [1.165, 1.54) is 0 Å². The number of unbranched alkanes of at least 4 members (excludes halogenated alkanes) is 3. The Balaban J connectivity index is 3.47. The standard InChI is InChI=1S/C11H23NO3/c1-11(2,9-14)10(15)12-7-5-3-4-6-8-13/h13-14H,3-9H2,1-2H3,(H,12,15). The molecular weight excluding hydrogens is 194 g/mol. The van der Waals surface area contributed by atoms with Crippen LogP contribution in [0.1, 0.15) is 39.5 Å². The second kappa shape index (κ2) is 7.65. The molecule has 1 amide bonds. The number of nitrogens with one attached hydrogen (secondary N) is 1. The molecule has 0 radical (unpaired) electrons. The molecule has 0 atom stereocenters. The maximum atomic E-state index is 11.5. The van der Waals surface area contributed by atoms with Crippen LogP contribution in [-0.2, 0) is 4.79 Å². The van der Waals surface area contributed by atoms with Crippen LogP contribution < -0.4 is 5.32 Å². The van der Waals surface area contributed by atoms with Crippen molar-refractivity contribution in [3.05, 3.63) is 0 Å². The smallest absolute Gasteiger partial charge is 0.227 e. The van der Waals surface area contributed by atoms with Crippen LogP contribution >= 0.6 is 0 Å². The summed E-state index contributed by atoms with van der Waals surface area (Å²) < 4.78 is 0. The van der Waals surface area contributed by atoms with Gasteiger partial charge in [-0.3, -0.25) is 4.79 Å². The lowest BCUT2D eigenvalue weighted by Crippen LogP contribution is -2.39. The molecule has 0 aliphatic heterocycles. The number of hydrogen-bond donors (Lipinski definition) is 3. The fraction of sp³-hybridized carbons (Fsp3) is 0.909. The molecule has 0 heterocycles. The van der Waals surface area contributed by atoms with E-state index in [1.807, 2.05) is 0 Å². The average molecular weight is 217 g/mol. The van der Waals surface area contributed by atoms with E-state index in [1.54, 1.807) is 13.8 Å². The maximum Gasteiger partial charge on any atom is 0.227 e. The summed E-state index contributed by atoms with van der Waals surface area (Å²) in [4.78, 5) is 11.5. The first-order valence-electron chi connectivity index (χ1n) is 5.54. The van der Waals surface area contributed by atoms with Crippen LogP contribution in [0, 0.1) is 5.41 Å². The second-order valence-electron chi connectivity index (χ2n) is 4.44. The minimum absolute atomic E-state index is 0.104. The molecule has 4 heteroatoms. The molecule has 0 aromatic heterocycles. The van der Waals surface area contributed by atoms with Gasteiger partial charge in [0.1, 0.15) is 0 Å². The summed E-state index contributed by atoms with van der Waals surface area (Å²) in [6, 6.07) is 0. The van der Waals surface area contributed by atoms with E-state index in [0.717, 1.165) is 25.7 Å². The molecule has 0 spiro atoms. The van der Waals surface area contributed by atoms with Crippen molar-refractivity contribution in [3.8, 4) is 0 Å². The Labute approximate surface area is 91.7 Å². The lowest BCUT2D eigenvalue weighted by molar-refractivity contribution is -0.131. The molecular formula is C11H23NO3. The van der Waals surface area contributed by atoms with Crippen LogP contribution in [0.4, 0.5) is 0 Å². The van der Waals surface area contributed by atoms with E-state index < -0.39 is 5.41 Å². The van der Waals surface area contributed by atoms with Gasteiger partial charge in [-0.05, 0) is 26.7 Å². The van der Waals surface area contributed by atoms with Gasteiger partial charge in [-0.2, -0.15) is 0 Å². The van der Waals surface area contributed by atoms with Gasteiger partial charge in [0.15, 0.2) is 0 Å².